The largest absolute Gasteiger partial charge is 0.355 e. The fourth-order valence-corrected chi connectivity index (χ4v) is 1.84. The molecule has 3 nitrogen and oxygen atoms in total. The number of hydrogen-bond donors (Lipinski definition) is 1. The zero-order chi connectivity index (χ0) is 10.5. The van der Waals surface area contributed by atoms with Crippen LogP contribution in [-0.4, -0.2) is 17.5 Å². The molecule has 2 rings (SSSR count). The molecular formula is C11H13ClN2OS. The van der Waals surface area contributed by atoms with Crippen molar-refractivity contribution in [3.05, 3.63) is 36.4 Å². The first kappa shape index (κ1) is 13.1. The number of halogens is 1. The molecule has 0 radical (unpaired) electrons. The molecule has 0 aliphatic carbocycles. The number of rotatable bonds is 4. The van der Waals surface area contributed by atoms with Gasteiger partial charge in [0, 0.05) is 23.9 Å². The van der Waals surface area contributed by atoms with Crippen LogP contribution in [0.1, 0.15) is 0 Å². The molecule has 1 aromatic heterocycles. The fraction of sp³-hybridized carbons (Fsp3) is 0.182. The summed E-state index contributed by atoms with van der Waals surface area (Å²) in [5, 5.41) is 4.85. The topological polar surface area (TPSA) is 52.0 Å². The molecule has 5 heteroatoms. The van der Waals surface area contributed by atoms with E-state index < -0.39 is 0 Å². The highest BCUT2D eigenvalue weighted by atomic mass is 35.5. The van der Waals surface area contributed by atoms with Crippen LogP contribution < -0.4 is 5.73 Å². The highest BCUT2D eigenvalue weighted by Gasteiger charge is 2.05. The van der Waals surface area contributed by atoms with Gasteiger partial charge in [-0.3, -0.25) is 0 Å². The first-order valence-electron chi connectivity index (χ1n) is 4.75. The van der Waals surface area contributed by atoms with Gasteiger partial charge in [-0.05, 0) is 0 Å². The van der Waals surface area contributed by atoms with E-state index in [-0.39, 0.29) is 12.4 Å². The van der Waals surface area contributed by atoms with Gasteiger partial charge in [0.1, 0.15) is 5.03 Å². The summed E-state index contributed by atoms with van der Waals surface area (Å²) in [6.07, 6.45) is 0. The van der Waals surface area contributed by atoms with Crippen molar-refractivity contribution < 1.29 is 4.52 Å². The molecule has 0 saturated heterocycles. The molecule has 0 saturated carbocycles. The Labute approximate surface area is 105 Å². The standard InChI is InChI=1S/C11H12N2OS.ClH/c12-6-7-15-11-8-10(14-13-11)9-4-2-1-3-5-9;/h1-5,8H,6-7,12H2;1H. The molecule has 0 aliphatic heterocycles. The van der Waals surface area contributed by atoms with Gasteiger partial charge < -0.3 is 10.3 Å². The summed E-state index contributed by atoms with van der Waals surface area (Å²) in [5.74, 6) is 1.66. The Morgan fingerprint density at radius 1 is 1.25 bits per heavy atom. The highest BCUT2D eigenvalue weighted by molar-refractivity contribution is 7.99. The first-order valence-corrected chi connectivity index (χ1v) is 5.73. The second-order valence-electron chi connectivity index (χ2n) is 3.03. The van der Waals surface area contributed by atoms with Crippen LogP contribution in [-0.2, 0) is 0 Å². The Morgan fingerprint density at radius 2 is 2.00 bits per heavy atom. The van der Waals surface area contributed by atoms with Crippen LogP contribution in [0, 0.1) is 0 Å². The second kappa shape index (κ2) is 6.58. The third-order valence-corrected chi connectivity index (χ3v) is 2.84. The third-order valence-electron chi connectivity index (χ3n) is 1.91. The number of hydrogen-bond acceptors (Lipinski definition) is 4. The summed E-state index contributed by atoms with van der Waals surface area (Å²) < 4.78 is 5.24. The van der Waals surface area contributed by atoms with Gasteiger partial charge in [-0.1, -0.05) is 35.5 Å². The van der Waals surface area contributed by atoms with Gasteiger partial charge in [0.25, 0.3) is 0 Å². The molecule has 0 amide bonds. The average Bonchev–Trinajstić information content (AvgIpc) is 2.76. The van der Waals surface area contributed by atoms with Gasteiger partial charge in [0.05, 0.1) is 0 Å². The molecule has 0 aliphatic rings. The van der Waals surface area contributed by atoms with Crippen LogP contribution in [0.4, 0.5) is 0 Å². The van der Waals surface area contributed by atoms with Crippen LogP contribution in [0.3, 0.4) is 0 Å². The minimum absolute atomic E-state index is 0. The Balaban J connectivity index is 0.00000128. The molecule has 0 fully saturated rings. The summed E-state index contributed by atoms with van der Waals surface area (Å²) >= 11 is 1.61. The SMILES string of the molecule is Cl.NCCSc1cc(-c2ccccc2)on1. The molecule has 2 N–H and O–H groups in total. The molecular weight excluding hydrogens is 244 g/mol. The third kappa shape index (κ3) is 3.27. The minimum Gasteiger partial charge on any atom is -0.355 e. The summed E-state index contributed by atoms with van der Waals surface area (Å²) in [6, 6.07) is 11.9. The van der Waals surface area contributed by atoms with E-state index in [4.69, 9.17) is 10.3 Å². The minimum atomic E-state index is 0. The normalized spacial score (nSPS) is 9.81. The van der Waals surface area contributed by atoms with Crippen LogP contribution in [0.5, 0.6) is 0 Å². The Morgan fingerprint density at radius 3 is 2.69 bits per heavy atom. The average molecular weight is 257 g/mol. The van der Waals surface area contributed by atoms with Crippen molar-refractivity contribution in [1.82, 2.24) is 5.16 Å². The maximum absolute atomic E-state index is 5.42. The van der Waals surface area contributed by atoms with Gasteiger partial charge in [0.15, 0.2) is 5.76 Å². The molecule has 2 aromatic rings. The molecule has 0 unspecified atom stereocenters. The van der Waals surface area contributed by atoms with E-state index in [0.29, 0.717) is 6.54 Å². The summed E-state index contributed by atoms with van der Waals surface area (Å²) in [7, 11) is 0. The molecule has 1 aromatic carbocycles. The molecule has 0 spiro atoms. The smallest absolute Gasteiger partial charge is 0.168 e. The van der Waals surface area contributed by atoms with E-state index in [0.717, 1.165) is 22.1 Å². The van der Waals surface area contributed by atoms with Crippen LogP contribution in [0.25, 0.3) is 11.3 Å². The molecule has 16 heavy (non-hydrogen) atoms. The van der Waals surface area contributed by atoms with Crippen LogP contribution in [0.15, 0.2) is 45.9 Å². The van der Waals surface area contributed by atoms with Crippen molar-refractivity contribution in [2.75, 3.05) is 12.3 Å². The van der Waals surface area contributed by atoms with Crippen molar-refractivity contribution in [2.45, 2.75) is 5.03 Å². The zero-order valence-corrected chi connectivity index (χ0v) is 10.3. The van der Waals surface area contributed by atoms with Crippen molar-refractivity contribution in [1.29, 1.82) is 0 Å². The van der Waals surface area contributed by atoms with Gasteiger partial charge in [-0.25, -0.2) is 0 Å². The number of nitrogens with two attached hydrogens (primary N) is 1. The van der Waals surface area contributed by atoms with Crippen molar-refractivity contribution >= 4 is 24.2 Å². The van der Waals surface area contributed by atoms with E-state index in [9.17, 15) is 0 Å². The van der Waals surface area contributed by atoms with E-state index in [1.54, 1.807) is 11.8 Å². The maximum Gasteiger partial charge on any atom is 0.168 e. The lowest BCUT2D eigenvalue weighted by atomic mass is 10.2. The second-order valence-corrected chi connectivity index (χ2v) is 4.15. The predicted octanol–water partition coefficient (Wildman–Crippen LogP) is 2.81. The number of nitrogens with zero attached hydrogens (tertiary/aromatic N) is 1. The fourth-order valence-electron chi connectivity index (χ4n) is 1.23. The Hall–Kier alpha value is -0.970. The number of benzene rings is 1. The van der Waals surface area contributed by atoms with E-state index in [2.05, 4.69) is 5.16 Å². The monoisotopic (exact) mass is 256 g/mol. The van der Waals surface area contributed by atoms with Crippen LogP contribution >= 0.6 is 24.2 Å². The first-order chi connectivity index (χ1) is 7.40. The summed E-state index contributed by atoms with van der Waals surface area (Å²) in [5.41, 5.74) is 6.46. The van der Waals surface area contributed by atoms with E-state index in [1.165, 1.54) is 0 Å². The number of aromatic nitrogens is 1. The number of thioether (sulfide) groups is 1. The maximum atomic E-state index is 5.42. The van der Waals surface area contributed by atoms with Crippen molar-refractivity contribution in [3.8, 4) is 11.3 Å². The Kier molecular flexibility index (Phi) is 5.38. The summed E-state index contributed by atoms with van der Waals surface area (Å²) in [4.78, 5) is 0. The summed E-state index contributed by atoms with van der Waals surface area (Å²) in [6.45, 7) is 0.651. The van der Waals surface area contributed by atoms with Gasteiger partial charge in [-0.2, -0.15) is 0 Å². The highest BCUT2D eigenvalue weighted by Crippen LogP contribution is 2.24. The zero-order valence-electron chi connectivity index (χ0n) is 8.63. The van der Waals surface area contributed by atoms with Crippen molar-refractivity contribution in [2.24, 2.45) is 5.73 Å². The van der Waals surface area contributed by atoms with Gasteiger partial charge >= 0.3 is 0 Å². The molecule has 0 atom stereocenters. The van der Waals surface area contributed by atoms with Gasteiger partial charge in [-0.15, -0.1) is 24.2 Å². The molecule has 1 heterocycles. The molecule has 0 bridgehead atoms. The predicted molar refractivity (Wildman–Crippen MR) is 69.0 cm³/mol. The lowest BCUT2D eigenvalue weighted by molar-refractivity contribution is 0.415. The lowest BCUT2D eigenvalue weighted by Gasteiger charge is -1.91. The molecule has 86 valence electrons. The van der Waals surface area contributed by atoms with Crippen molar-refractivity contribution in [3.63, 3.8) is 0 Å². The quantitative estimate of drug-likeness (QED) is 0.855. The van der Waals surface area contributed by atoms with E-state index in [1.807, 2.05) is 36.4 Å². The van der Waals surface area contributed by atoms with Crippen LogP contribution in [0.2, 0.25) is 0 Å². The van der Waals surface area contributed by atoms with Gasteiger partial charge in [0.2, 0.25) is 0 Å². The lowest BCUT2D eigenvalue weighted by Crippen LogP contribution is -2.00. The van der Waals surface area contributed by atoms with E-state index >= 15 is 0 Å². The Bertz CT molecular complexity index is 419.